The van der Waals surface area contributed by atoms with E-state index in [0.29, 0.717) is 15.7 Å². The first-order valence-electron chi connectivity index (χ1n) is 5.78. The van der Waals surface area contributed by atoms with Crippen LogP contribution < -0.4 is 5.32 Å². The normalized spacial score (nSPS) is 11.4. The third-order valence-electron chi connectivity index (χ3n) is 2.41. The van der Waals surface area contributed by atoms with Crippen LogP contribution in [0.25, 0.3) is 0 Å². The predicted octanol–water partition coefficient (Wildman–Crippen LogP) is 3.74. The molecular weight excluding hydrogens is 282 g/mol. The van der Waals surface area contributed by atoms with Gasteiger partial charge in [-0.25, -0.2) is 0 Å². The summed E-state index contributed by atoms with van der Waals surface area (Å²) in [5.41, 5.74) is 0.349. The Balaban J connectivity index is 2.16. The molecule has 2 rings (SSSR count). The average Bonchev–Trinajstić information content (AvgIpc) is 2.77. The topological polar surface area (TPSA) is 54.9 Å². The molecule has 0 radical (unpaired) electrons. The zero-order valence-corrected chi connectivity index (χ0v) is 12.5. The highest BCUT2D eigenvalue weighted by molar-refractivity contribution is 7.15. The SMILES string of the molecule is CC(C)(C)c1nnc(NC(=O)c2ccccc2Cl)s1. The number of hydrogen-bond acceptors (Lipinski definition) is 4. The number of nitrogens with zero attached hydrogens (tertiary/aromatic N) is 2. The van der Waals surface area contributed by atoms with Crippen LogP contribution in [0.4, 0.5) is 5.13 Å². The van der Waals surface area contributed by atoms with Crippen molar-refractivity contribution in [1.82, 2.24) is 10.2 Å². The zero-order chi connectivity index (χ0) is 14.0. The van der Waals surface area contributed by atoms with Crippen LogP contribution in [0.5, 0.6) is 0 Å². The molecule has 6 heteroatoms. The van der Waals surface area contributed by atoms with Crippen LogP contribution in [-0.4, -0.2) is 16.1 Å². The van der Waals surface area contributed by atoms with E-state index in [1.807, 2.05) is 20.8 Å². The van der Waals surface area contributed by atoms with Crippen molar-refractivity contribution in [2.45, 2.75) is 26.2 Å². The number of carbonyl (C=O) groups excluding carboxylic acids is 1. The van der Waals surface area contributed by atoms with Crippen molar-refractivity contribution >= 4 is 34.0 Å². The van der Waals surface area contributed by atoms with E-state index < -0.39 is 0 Å². The Labute approximate surface area is 120 Å². The zero-order valence-electron chi connectivity index (χ0n) is 10.9. The molecule has 1 N–H and O–H groups in total. The van der Waals surface area contributed by atoms with E-state index in [1.54, 1.807) is 24.3 Å². The van der Waals surface area contributed by atoms with Crippen LogP contribution in [0.1, 0.15) is 36.1 Å². The van der Waals surface area contributed by atoms with Gasteiger partial charge in [-0.1, -0.05) is 55.8 Å². The number of benzene rings is 1. The molecule has 0 aliphatic carbocycles. The van der Waals surface area contributed by atoms with E-state index in [4.69, 9.17) is 11.6 Å². The Morgan fingerprint density at radius 1 is 1.26 bits per heavy atom. The molecule has 100 valence electrons. The summed E-state index contributed by atoms with van der Waals surface area (Å²) in [5.74, 6) is -0.276. The lowest BCUT2D eigenvalue weighted by molar-refractivity contribution is 0.102. The van der Waals surface area contributed by atoms with Gasteiger partial charge in [0.05, 0.1) is 10.6 Å². The second-order valence-corrected chi connectivity index (χ2v) is 6.48. The van der Waals surface area contributed by atoms with Crippen LogP contribution in [-0.2, 0) is 5.41 Å². The minimum atomic E-state index is -0.276. The molecule has 0 spiro atoms. The van der Waals surface area contributed by atoms with Crippen molar-refractivity contribution in [3.05, 3.63) is 39.9 Å². The molecular formula is C13H14ClN3OS. The molecule has 0 atom stereocenters. The predicted molar refractivity (Wildman–Crippen MR) is 78.0 cm³/mol. The summed E-state index contributed by atoms with van der Waals surface area (Å²) in [4.78, 5) is 12.0. The Kier molecular flexibility index (Phi) is 3.87. The lowest BCUT2D eigenvalue weighted by Gasteiger charge is -2.12. The molecule has 0 fully saturated rings. The first kappa shape index (κ1) is 14.0. The van der Waals surface area contributed by atoms with Gasteiger partial charge >= 0.3 is 0 Å². The lowest BCUT2D eigenvalue weighted by Crippen LogP contribution is -2.12. The summed E-state index contributed by atoms with van der Waals surface area (Å²) in [6.07, 6.45) is 0. The Hall–Kier alpha value is -1.46. The number of anilines is 1. The molecule has 1 aromatic heterocycles. The smallest absolute Gasteiger partial charge is 0.259 e. The minimum Gasteiger partial charge on any atom is -0.296 e. The van der Waals surface area contributed by atoms with Gasteiger partial charge in [0.2, 0.25) is 5.13 Å². The largest absolute Gasteiger partial charge is 0.296 e. The van der Waals surface area contributed by atoms with Crippen molar-refractivity contribution < 1.29 is 4.79 Å². The molecule has 1 heterocycles. The van der Waals surface area contributed by atoms with Crippen LogP contribution in [0, 0.1) is 0 Å². The van der Waals surface area contributed by atoms with Gasteiger partial charge in [-0.2, -0.15) is 0 Å². The number of aromatic nitrogens is 2. The van der Waals surface area contributed by atoms with Crippen LogP contribution in [0.2, 0.25) is 5.02 Å². The van der Waals surface area contributed by atoms with E-state index in [1.165, 1.54) is 11.3 Å². The second-order valence-electron chi connectivity index (χ2n) is 5.10. The minimum absolute atomic E-state index is 0.0783. The van der Waals surface area contributed by atoms with E-state index in [-0.39, 0.29) is 11.3 Å². The van der Waals surface area contributed by atoms with E-state index in [9.17, 15) is 4.79 Å². The number of hydrogen-bond donors (Lipinski definition) is 1. The number of carbonyl (C=O) groups is 1. The van der Waals surface area contributed by atoms with Gasteiger partial charge < -0.3 is 0 Å². The van der Waals surface area contributed by atoms with Crippen molar-refractivity contribution in [1.29, 1.82) is 0 Å². The van der Waals surface area contributed by atoms with Gasteiger partial charge in [-0.05, 0) is 12.1 Å². The molecule has 2 aromatic rings. The maximum Gasteiger partial charge on any atom is 0.259 e. The molecule has 0 aliphatic rings. The summed E-state index contributed by atoms with van der Waals surface area (Å²) < 4.78 is 0. The fourth-order valence-electron chi connectivity index (χ4n) is 1.39. The van der Waals surface area contributed by atoms with E-state index >= 15 is 0 Å². The fraction of sp³-hybridized carbons (Fsp3) is 0.308. The van der Waals surface area contributed by atoms with Crippen LogP contribution in [0.15, 0.2) is 24.3 Å². The number of nitrogens with one attached hydrogen (secondary N) is 1. The maximum atomic E-state index is 12.0. The molecule has 0 saturated carbocycles. The van der Waals surface area contributed by atoms with Crippen LogP contribution in [0.3, 0.4) is 0 Å². The lowest BCUT2D eigenvalue weighted by atomic mass is 9.98. The van der Waals surface area contributed by atoms with Gasteiger partial charge in [-0.3, -0.25) is 10.1 Å². The van der Waals surface area contributed by atoms with E-state index in [2.05, 4.69) is 15.5 Å². The summed E-state index contributed by atoms with van der Waals surface area (Å²) >= 11 is 7.34. The molecule has 0 bridgehead atoms. The highest BCUT2D eigenvalue weighted by Gasteiger charge is 2.20. The fourth-order valence-corrected chi connectivity index (χ4v) is 2.40. The van der Waals surface area contributed by atoms with Gasteiger partial charge in [0.15, 0.2) is 0 Å². The Morgan fingerprint density at radius 2 is 1.95 bits per heavy atom. The number of rotatable bonds is 2. The van der Waals surface area contributed by atoms with Crippen molar-refractivity contribution in [2.24, 2.45) is 0 Å². The molecule has 1 aromatic carbocycles. The second kappa shape index (κ2) is 5.27. The monoisotopic (exact) mass is 295 g/mol. The Bertz CT molecular complexity index is 604. The van der Waals surface area contributed by atoms with Crippen molar-refractivity contribution in [3.8, 4) is 0 Å². The van der Waals surface area contributed by atoms with Gasteiger partial charge in [-0.15, -0.1) is 10.2 Å². The van der Waals surface area contributed by atoms with Gasteiger partial charge in [0.1, 0.15) is 5.01 Å². The van der Waals surface area contributed by atoms with E-state index in [0.717, 1.165) is 5.01 Å². The quantitative estimate of drug-likeness (QED) is 0.918. The van der Waals surface area contributed by atoms with Gasteiger partial charge in [0.25, 0.3) is 5.91 Å². The molecule has 19 heavy (non-hydrogen) atoms. The Morgan fingerprint density at radius 3 is 2.53 bits per heavy atom. The maximum absolute atomic E-state index is 12.0. The first-order chi connectivity index (χ1) is 8.88. The molecule has 0 unspecified atom stereocenters. The summed E-state index contributed by atoms with van der Waals surface area (Å²) in [6.45, 7) is 6.15. The molecule has 1 amide bonds. The van der Waals surface area contributed by atoms with Crippen molar-refractivity contribution in [2.75, 3.05) is 5.32 Å². The van der Waals surface area contributed by atoms with Crippen molar-refractivity contribution in [3.63, 3.8) is 0 Å². The first-order valence-corrected chi connectivity index (χ1v) is 6.97. The third kappa shape index (κ3) is 3.30. The summed E-state index contributed by atoms with van der Waals surface area (Å²) in [7, 11) is 0. The van der Waals surface area contributed by atoms with Gasteiger partial charge in [0, 0.05) is 5.41 Å². The van der Waals surface area contributed by atoms with Crippen LogP contribution >= 0.6 is 22.9 Å². The number of halogens is 1. The molecule has 0 saturated heterocycles. The third-order valence-corrected chi connectivity index (χ3v) is 4.00. The number of amides is 1. The standard InChI is InChI=1S/C13H14ClN3OS/c1-13(2,3)11-16-17-12(19-11)15-10(18)8-6-4-5-7-9(8)14/h4-7H,1-3H3,(H,15,17,18). The summed E-state index contributed by atoms with van der Waals surface area (Å²) in [6, 6.07) is 6.89. The highest BCUT2D eigenvalue weighted by Crippen LogP contribution is 2.28. The average molecular weight is 296 g/mol. The highest BCUT2D eigenvalue weighted by atomic mass is 35.5. The molecule has 0 aliphatic heterocycles. The molecule has 4 nitrogen and oxygen atoms in total. The summed E-state index contributed by atoms with van der Waals surface area (Å²) in [5, 5.41) is 12.5.